The summed E-state index contributed by atoms with van der Waals surface area (Å²) < 4.78 is 0. The Hall–Kier alpha value is -1.62. The Bertz CT molecular complexity index is 379. The van der Waals surface area contributed by atoms with E-state index in [4.69, 9.17) is 5.73 Å². The zero-order chi connectivity index (χ0) is 12.1. The molecule has 0 radical (unpaired) electrons. The smallest absolute Gasteiger partial charge is 0.274 e. The fourth-order valence-corrected chi connectivity index (χ4v) is 1.67. The minimum absolute atomic E-state index is 0.164. The molecule has 0 heterocycles. The molecule has 0 saturated carbocycles. The molecule has 0 saturated heterocycles. The van der Waals surface area contributed by atoms with E-state index in [1.165, 1.54) is 6.07 Å². The van der Waals surface area contributed by atoms with E-state index in [9.17, 15) is 10.1 Å². The van der Waals surface area contributed by atoms with Crippen LogP contribution in [0.1, 0.15) is 12.0 Å². The lowest BCUT2D eigenvalue weighted by atomic mass is 10.1. The lowest BCUT2D eigenvalue weighted by Gasteiger charge is -2.20. The van der Waals surface area contributed by atoms with Crippen molar-refractivity contribution >= 4 is 11.4 Å². The van der Waals surface area contributed by atoms with E-state index in [0.717, 1.165) is 18.7 Å². The summed E-state index contributed by atoms with van der Waals surface area (Å²) in [6, 6.07) is 5.12. The van der Waals surface area contributed by atoms with Crippen LogP contribution in [0.5, 0.6) is 0 Å². The van der Waals surface area contributed by atoms with Crippen LogP contribution in [-0.2, 0) is 0 Å². The number of nitrogens with zero attached hydrogens (tertiary/aromatic N) is 2. The van der Waals surface area contributed by atoms with Gasteiger partial charge >= 0.3 is 0 Å². The van der Waals surface area contributed by atoms with Crippen molar-refractivity contribution in [3.05, 3.63) is 33.9 Å². The van der Waals surface area contributed by atoms with E-state index in [1.807, 2.05) is 18.0 Å². The second kappa shape index (κ2) is 5.46. The molecule has 2 N–H and O–H groups in total. The number of hydrogen-bond donors (Lipinski definition) is 1. The highest BCUT2D eigenvalue weighted by Gasteiger charge is 2.14. The van der Waals surface area contributed by atoms with Crippen molar-refractivity contribution in [3.8, 4) is 0 Å². The van der Waals surface area contributed by atoms with Gasteiger partial charge in [-0.15, -0.1) is 0 Å². The Balaban J connectivity index is 2.96. The van der Waals surface area contributed by atoms with Gasteiger partial charge < -0.3 is 10.6 Å². The van der Waals surface area contributed by atoms with Gasteiger partial charge in [0.15, 0.2) is 0 Å². The van der Waals surface area contributed by atoms with Crippen LogP contribution in [0.4, 0.5) is 11.4 Å². The first-order chi connectivity index (χ1) is 7.57. The highest BCUT2D eigenvalue weighted by atomic mass is 16.6. The molecule has 5 nitrogen and oxygen atoms in total. The van der Waals surface area contributed by atoms with Crippen LogP contribution < -0.4 is 10.6 Å². The van der Waals surface area contributed by atoms with Crippen LogP contribution in [0.25, 0.3) is 0 Å². The average molecular weight is 223 g/mol. The van der Waals surface area contributed by atoms with E-state index in [2.05, 4.69) is 0 Å². The number of benzene rings is 1. The molecule has 0 bridgehead atoms. The quantitative estimate of drug-likeness (QED) is 0.609. The summed E-state index contributed by atoms with van der Waals surface area (Å²) in [4.78, 5) is 12.4. The molecular weight excluding hydrogens is 206 g/mol. The third kappa shape index (κ3) is 2.70. The molecule has 1 aromatic carbocycles. The standard InChI is InChI=1S/C11H17N3O2/c1-9-10(13(2)8-4-7-12)5-3-6-11(9)14(15)16/h3,5-6H,4,7-8,12H2,1-2H3. The Morgan fingerprint density at radius 3 is 2.75 bits per heavy atom. The van der Waals surface area contributed by atoms with Crippen LogP contribution in [-0.4, -0.2) is 25.1 Å². The van der Waals surface area contributed by atoms with Gasteiger partial charge in [-0.05, 0) is 26.0 Å². The van der Waals surface area contributed by atoms with Crippen molar-refractivity contribution < 1.29 is 4.92 Å². The summed E-state index contributed by atoms with van der Waals surface area (Å²) in [5.41, 5.74) is 7.19. The van der Waals surface area contributed by atoms with Crippen molar-refractivity contribution in [2.24, 2.45) is 5.73 Å². The Morgan fingerprint density at radius 2 is 2.19 bits per heavy atom. The summed E-state index contributed by atoms with van der Waals surface area (Å²) in [6.07, 6.45) is 0.874. The predicted molar refractivity (Wildman–Crippen MR) is 64.8 cm³/mol. The van der Waals surface area contributed by atoms with Gasteiger partial charge in [0.05, 0.1) is 4.92 Å². The Kier molecular flexibility index (Phi) is 4.25. The molecular formula is C11H17N3O2. The van der Waals surface area contributed by atoms with E-state index >= 15 is 0 Å². The van der Waals surface area contributed by atoms with Crippen LogP contribution >= 0.6 is 0 Å². The summed E-state index contributed by atoms with van der Waals surface area (Å²) in [5.74, 6) is 0. The molecule has 0 fully saturated rings. The fraction of sp³-hybridized carbons (Fsp3) is 0.455. The van der Waals surface area contributed by atoms with Crippen molar-refractivity contribution in [2.45, 2.75) is 13.3 Å². The molecule has 0 aromatic heterocycles. The number of rotatable bonds is 5. The maximum absolute atomic E-state index is 10.8. The molecule has 0 spiro atoms. The van der Waals surface area contributed by atoms with Crippen LogP contribution in [0.3, 0.4) is 0 Å². The van der Waals surface area contributed by atoms with Gasteiger partial charge in [0.25, 0.3) is 5.69 Å². The second-order valence-electron chi connectivity index (χ2n) is 3.74. The van der Waals surface area contributed by atoms with Crippen molar-refractivity contribution in [1.82, 2.24) is 0 Å². The molecule has 16 heavy (non-hydrogen) atoms. The SMILES string of the molecule is Cc1c(N(C)CCCN)cccc1[N+](=O)[O-]. The first kappa shape index (κ1) is 12.4. The van der Waals surface area contributed by atoms with Crippen LogP contribution in [0.2, 0.25) is 0 Å². The molecule has 0 amide bonds. The third-order valence-corrected chi connectivity index (χ3v) is 2.58. The minimum Gasteiger partial charge on any atom is -0.374 e. The maximum atomic E-state index is 10.8. The molecule has 0 aliphatic carbocycles. The third-order valence-electron chi connectivity index (χ3n) is 2.58. The lowest BCUT2D eigenvalue weighted by molar-refractivity contribution is -0.385. The van der Waals surface area contributed by atoms with Crippen molar-refractivity contribution in [3.63, 3.8) is 0 Å². The van der Waals surface area contributed by atoms with Gasteiger partial charge in [-0.1, -0.05) is 6.07 Å². The Morgan fingerprint density at radius 1 is 1.50 bits per heavy atom. The van der Waals surface area contributed by atoms with Gasteiger partial charge in [-0.2, -0.15) is 0 Å². The van der Waals surface area contributed by atoms with Crippen LogP contribution in [0.15, 0.2) is 18.2 Å². The number of nitro groups is 1. The normalized spacial score (nSPS) is 10.2. The number of hydrogen-bond acceptors (Lipinski definition) is 4. The molecule has 0 atom stereocenters. The first-order valence-electron chi connectivity index (χ1n) is 5.23. The zero-order valence-electron chi connectivity index (χ0n) is 9.64. The summed E-state index contributed by atoms with van der Waals surface area (Å²) in [6.45, 7) is 3.20. The molecule has 1 aromatic rings. The van der Waals surface area contributed by atoms with E-state index < -0.39 is 0 Å². The average Bonchev–Trinajstić information content (AvgIpc) is 2.25. The zero-order valence-corrected chi connectivity index (χ0v) is 9.64. The summed E-state index contributed by atoms with van der Waals surface area (Å²) in [5, 5.41) is 10.8. The number of nitrogens with two attached hydrogens (primary N) is 1. The minimum atomic E-state index is -0.352. The van der Waals surface area contributed by atoms with Crippen molar-refractivity contribution in [2.75, 3.05) is 25.0 Å². The predicted octanol–water partition coefficient (Wildman–Crippen LogP) is 1.69. The lowest BCUT2D eigenvalue weighted by Crippen LogP contribution is -2.21. The monoisotopic (exact) mass is 223 g/mol. The van der Waals surface area contributed by atoms with Crippen LogP contribution in [0, 0.1) is 17.0 Å². The van der Waals surface area contributed by atoms with E-state index in [0.29, 0.717) is 12.1 Å². The van der Waals surface area contributed by atoms with Crippen molar-refractivity contribution in [1.29, 1.82) is 0 Å². The fourth-order valence-electron chi connectivity index (χ4n) is 1.67. The maximum Gasteiger partial charge on any atom is 0.274 e. The number of nitro benzene ring substituents is 1. The number of anilines is 1. The molecule has 5 heteroatoms. The molecule has 1 rings (SSSR count). The van der Waals surface area contributed by atoms with Gasteiger partial charge in [0, 0.05) is 30.9 Å². The molecule has 0 unspecified atom stereocenters. The first-order valence-corrected chi connectivity index (χ1v) is 5.23. The highest BCUT2D eigenvalue weighted by molar-refractivity contribution is 5.60. The Labute approximate surface area is 95.0 Å². The van der Waals surface area contributed by atoms with E-state index in [1.54, 1.807) is 13.0 Å². The largest absolute Gasteiger partial charge is 0.374 e. The topological polar surface area (TPSA) is 72.4 Å². The highest BCUT2D eigenvalue weighted by Crippen LogP contribution is 2.27. The molecule has 0 aliphatic rings. The van der Waals surface area contributed by atoms with E-state index in [-0.39, 0.29) is 10.6 Å². The molecule has 88 valence electrons. The van der Waals surface area contributed by atoms with Gasteiger partial charge in [-0.25, -0.2) is 0 Å². The molecule has 0 aliphatic heterocycles. The summed E-state index contributed by atoms with van der Waals surface area (Å²) >= 11 is 0. The summed E-state index contributed by atoms with van der Waals surface area (Å²) in [7, 11) is 1.92. The van der Waals surface area contributed by atoms with Gasteiger partial charge in [0.1, 0.15) is 0 Å². The van der Waals surface area contributed by atoms with Gasteiger partial charge in [0.2, 0.25) is 0 Å². The van der Waals surface area contributed by atoms with Gasteiger partial charge in [-0.3, -0.25) is 10.1 Å². The second-order valence-corrected chi connectivity index (χ2v) is 3.74.